The largest absolute Gasteiger partial charge is 0.502 e. The highest BCUT2D eigenvalue weighted by molar-refractivity contribution is 6.16. The lowest BCUT2D eigenvalue weighted by atomic mass is 9.97. The lowest BCUT2D eigenvalue weighted by molar-refractivity contribution is -0.385. The molecular formula is C40H46N8O10. The van der Waals surface area contributed by atoms with Crippen LogP contribution in [0.4, 0.5) is 5.69 Å². The van der Waals surface area contributed by atoms with Gasteiger partial charge in [0.1, 0.15) is 12.1 Å². The summed E-state index contributed by atoms with van der Waals surface area (Å²) in [5.74, 6) is -4.97. The fraction of sp³-hybridized carbons (Fsp3) is 0.325. The molecule has 58 heavy (non-hydrogen) atoms. The highest BCUT2D eigenvalue weighted by Crippen LogP contribution is 2.29. The van der Waals surface area contributed by atoms with Gasteiger partial charge in [-0.25, -0.2) is 4.79 Å². The van der Waals surface area contributed by atoms with E-state index in [1.165, 1.54) is 6.07 Å². The average molecular weight is 799 g/mol. The number of phenolic OH excluding ortho intramolecular Hbond substituents is 1. The van der Waals surface area contributed by atoms with Crippen LogP contribution in [0.2, 0.25) is 0 Å². The maximum Gasteiger partial charge on any atom is 0.339 e. The molecule has 4 aromatic carbocycles. The second-order valence-electron chi connectivity index (χ2n) is 13.8. The number of amides is 4. The molecule has 4 rings (SSSR count). The molecule has 4 amide bonds. The predicted molar refractivity (Wildman–Crippen MR) is 214 cm³/mol. The summed E-state index contributed by atoms with van der Waals surface area (Å²) < 4.78 is 5.35. The van der Waals surface area contributed by atoms with Crippen molar-refractivity contribution in [3.8, 4) is 5.75 Å². The first-order valence-corrected chi connectivity index (χ1v) is 18.4. The number of ketones is 1. The van der Waals surface area contributed by atoms with Crippen molar-refractivity contribution in [3.63, 3.8) is 0 Å². The normalized spacial score (nSPS) is 11.9. The van der Waals surface area contributed by atoms with Gasteiger partial charge in [-0.1, -0.05) is 68.4 Å². The first-order chi connectivity index (χ1) is 27.6. The Labute approximate surface area is 332 Å². The maximum absolute atomic E-state index is 13.5. The number of phenols is 1. The van der Waals surface area contributed by atoms with Gasteiger partial charge in [-0.3, -0.25) is 39.1 Å². The van der Waals surface area contributed by atoms with Crippen molar-refractivity contribution in [1.82, 2.24) is 21.3 Å². The Morgan fingerprint density at radius 1 is 0.828 bits per heavy atom. The fourth-order valence-electron chi connectivity index (χ4n) is 6.06. The van der Waals surface area contributed by atoms with Gasteiger partial charge in [0.05, 0.1) is 30.0 Å². The molecule has 0 radical (unpaired) electrons. The highest BCUT2D eigenvalue weighted by Gasteiger charge is 2.28. The van der Waals surface area contributed by atoms with Crippen molar-refractivity contribution in [2.75, 3.05) is 26.2 Å². The third-order valence-corrected chi connectivity index (χ3v) is 8.78. The van der Waals surface area contributed by atoms with Gasteiger partial charge in [-0.05, 0) is 64.4 Å². The number of nitrogens with zero attached hydrogens (tertiary/aromatic N) is 2. The number of guanidine groups is 1. The summed E-state index contributed by atoms with van der Waals surface area (Å²) in [5.41, 5.74) is 10.8. The van der Waals surface area contributed by atoms with Crippen LogP contribution in [0.3, 0.4) is 0 Å². The minimum Gasteiger partial charge on any atom is -0.502 e. The molecule has 18 nitrogen and oxygen atoms in total. The number of aromatic hydroxyl groups is 1. The van der Waals surface area contributed by atoms with E-state index in [1.807, 2.05) is 44.2 Å². The molecule has 9 N–H and O–H groups in total. The summed E-state index contributed by atoms with van der Waals surface area (Å²) in [7, 11) is 0. The van der Waals surface area contributed by atoms with Crippen molar-refractivity contribution in [2.24, 2.45) is 22.4 Å². The van der Waals surface area contributed by atoms with Crippen LogP contribution in [-0.4, -0.2) is 89.7 Å². The molecule has 0 saturated carbocycles. The Hall–Kier alpha value is -7.11. The third kappa shape index (κ3) is 12.7. The van der Waals surface area contributed by atoms with Crippen LogP contribution in [0.5, 0.6) is 5.75 Å². The zero-order valence-corrected chi connectivity index (χ0v) is 32.0. The molecule has 0 aromatic heterocycles. The number of esters is 1. The number of aliphatic imine (C=N–C) groups is 1. The van der Waals surface area contributed by atoms with E-state index < -0.39 is 83.5 Å². The third-order valence-electron chi connectivity index (χ3n) is 8.78. The topological polar surface area (TPSA) is 288 Å². The number of benzene rings is 4. The lowest BCUT2D eigenvalue weighted by Gasteiger charge is -2.24. The molecule has 2 atom stereocenters. The van der Waals surface area contributed by atoms with Gasteiger partial charge < -0.3 is 42.6 Å². The maximum atomic E-state index is 13.5. The number of carbonyl (C=O) groups is 6. The van der Waals surface area contributed by atoms with Gasteiger partial charge in [-0.2, -0.15) is 0 Å². The minimum absolute atomic E-state index is 0.0331. The fourth-order valence-corrected chi connectivity index (χ4v) is 6.06. The van der Waals surface area contributed by atoms with Gasteiger partial charge in [0.2, 0.25) is 23.6 Å². The molecule has 0 saturated heterocycles. The van der Waals surface area contributed by atoms with Crippen molar-refractivity contribution in [1.29, 1.82) is 0 Å². The average Bonchev–Trinajstić information content (AvgIpc) is 3.18. The van der Waals surface area contributed by atoms with Crippen molar-refractivity contribution in [3.05, 3.63) is 94.0 Å². The number of rotatable bonds is 20. The monoisotopic (exact) mass is 798 g/mol. The molecule has 0 heterocycles. The Morgan fingerprint density at radius 2 is 1.48 bits per heavy atom. The first-order valence-electron chi connectivity index (χ1n) is 18.4. The first kappa shape index (κ1) is 43.6. The number of fused-ring (bicyclic) bond motifs is 2. The number of nitro groups is 1. The standard InChI is InChI=1S/C40H46N8O10/c1-23(2)16-31(46-34(51)18-24-13-14-33(50)32(17-24)48(56)57)38(54)47-30(12-7-15-43-40(41)42)37(53)45-21-35(52)44-20-27(49)22-58-39(55)36-28-10-5-3-8-25(28)19-26-9-4-6-11-29(26)36/h3-6,8-11,13-14,17,19,23,30-31,50H,7,12,15-16,18,20-22H2,1-2H3,(H,44,52)(H,45,53)(H,46,51)(H,47,54)(H4,41,42,43)/t30-,31-/m0/s1. The van der Waals surface area contributed by atoms with E-state index in [0.29, 0.717) is 16.3 Å². The number of hydrogen-bond donors (Lipinski definition) is 7. The van der Waals surface area contributed by atoms with Crippen LogP contribution in [0.15, 0.2) is 77.8 Å². The van der Waals surface area contributed by atoms with E-state index in [-0.39, 0.29) is 49.7 Å². The van der Waals surface area contributed by atoms with Crippen molar-refractivity contribution >= 4 is 68.6 Å². The number of nitrogens with one attached hydrogen (secondary N) is 4. The molecule has 0 spiro atoms. The molecule has 306 valence electrons. The number of carbonyl (C=O) groups excluding carboxylic acids is 6. The Morgan fingerprint density at radius 3 is 2.10 bits per heavy atom. The summed E-state index contributed by atoms with van der Waals surface area (Å²) >= 11 is 0. The quantitative estimate of drug-likeness (QED) is 0.0128. The molecule has 0 bridgehead atoms. The minimum atomic E-state index is -1.20. The Balaban J connectivity index is 1.32. The zero-order valence-electron chi connectivity index (χ0n) is 32.0. The van der Waals surface area contributed by atoms with E-state index in [2.05, 4.69) is 26.3 Å². The zero-order chi connectivity index (χ0) is 42.4. The number of nitro benzene ring substituents is 1. The summed E-state index contributed by atoms with van der Waals surface area (Å²) in [6.45, 7) is 2.07. The van der Waals surface area contributed by atoms with Gasteiger partial charge in [0.15, 0.2) is 24.1 Å². The van der Waals surface area contributed by atoms with E-state index in [4.69, 9.17) is 16.2 Å². The van der Waals surface area contributed by atoms with Crippen LogP contribution in [-0.2, 0) is 35.1 Å². The number of nitrogens with two attached hydrogens (primary N) is 2. The van der Waals surface area contributed by atoms with Gasteiger partial charge >= 0.3 is 11.7 Å². The summed E-state index contributed by atoms with van der Waals surface area (Å²) in [6.07, 6.45) is 0.100. The van der Waals surface area contributed by atoms with E-state index >= 15 is 0 Å². The molecule has 0 fully saturated rings. The molecule has 4 aromatic rings. The summed E-state index contributed by atoms with van der Waals surface area (Å²) in [4.78, 5) is 92.5. The SMILES string of the molecule is CC(C)C[C@H](NC(=O)Cc1ccc(O)c([N+](=O)[O-])c1)C(=O)N[C@@H](CCCN=C(N)N)C(=O)NCC(=O)NCC(=O)COC(=O)c1c2ccccc2cc2ccccc12. The predicted octanol–water partition coefficient (Wildman–Crippen LogP) is 1.88. The second kappa shape index (κ2) is 20.7. The van der Waals surface area contributed by atoms with Gasteiger partial charge in [0.25, 0.3) is 0 Å². The van der Waals surface area contributed by atoms with Crippen LogP contribution in [0.25, 0.3) is 21.5 Å². The van der Waals surface area contributed by atoms with Crippen LogP contribution >= 0.6 is 0 Å². The van der Waals surface area contributed by atoms with E-state index in [9.17, 15) is 44.0 Å². The molecular weight excluding hydrogens is 752 g/mol. The van der Waals surface area contributed by atoms with Crippen LogP contribution < -0.4 is 32.7 Å². The van der Waals surface area contributed by atoms with E-state index in [0.717, 1.165) is 22.9 Å². The molecule has 0 aliphatic rings. The summed E-state index contributed by atoms with van der Waals surface area (Å²) in [5, 5.41) is 33.9. The second-order valence-corrected chi connectivity index (χ2v) is 13.8. The molecule has 18 heteroatoms. The van der Waals surface area contributed by atoms with Gasteiger partial charge in [0, 0.05) is 12.6 Å². The molecule has 0 aliphatic heterocycles. The van der Waals surface area contributed by atoms with Crippen molar-refractivity contribution in [2.45, 2.75) is 51.6 Å². The summed E-state index contributed by atoms with van der Waals surface area (Å²) in [6, 6.07) is 17.7. The van der Waals surface area contributed by atoms with Gasteiger partial charge in [-0.15, -0.1) is 0 Å². The van der Waals surface area contributed by atoms with E-state index in [1.54, 1.807) is 24.3 Å². The van der Waals surface area contributed by atoms with Crippen molar-refractivity contribution < 1.29 is 43.5 Å². The highest BCUT2D eigenvalue weighted by atomic mass is 16.6. The smallest absolute Gasteiger partial charge is 0.339 e. The number of ether oxygens (including phenoxy) is 1. The van der Waals surface area contributed by atoms with Crippen LogP contribution in [0, 0.1) is 16.0 Å². The van der Waals surface area contributed by atoms with Crippen LogP contribution in [0.1, 0.15) is 49.0 Å². The lowest BCUT2D eigenvalue weighted by Crippen LogP contribution is -2.55. The molecule has 0 aliphatic carbocycles. The Kier molecular flexibility index (Phi) is 15.6. The number of hydrogen-bond acceptors (Lipinski definition) is 11. The Bertz CT molecular complexity index is 2170. The molecule has 0 unspecified atom stereocenters. The number of Topliss-reactive ketones (excluding diaryl/α,β-unsaturated/α-hetero) is 1.